The van der Waals surface area contributed by atoms with Crippen molar-refractivity contribution in [1.29, 1.82) is 0 Å². The number of rotatable bonds is 3. The zero-order valence-electron chi connectivity index (χ0n) is 10.4. The molecule has 1 nitrogen and oxygen atoms in total. The van der Waals surface area contributed by atoms with E-state index < -0.39 is 0 Å². The lowest BCUT2D eigenvalue weighted by Crippen LogP contribution is -2.35. The van der Waals surface area contributed by atoms with Crippen LogP contribution < -0.4 is 5.73 Å². The van der Waals surface area contributed by atoms with Crippen LogP contribution in [-0.2, 0) is 6.42 Å². The fourth-order valence-electron chi connectivity index (χ4n) is 3.91. The standard InChI is InChI=1S/C15H19Cl2N/c16-13-4-2-10(7-14(13)17)8-15(18)12-6-9-1-3-11(12)5-9/h2,4,7,9,11-12,15H,1,3,5-6,8,18H2. The third kappa shape index (κ3) is 2.41. The highest BCUT2D eigenvalue weighted by Gasteiger charge is 2.41. The molecule has 1 aromatic carbocycles. The first-order valence-electron chi connectivity index (χ1n) is 6.83. The third-order valence-electron chi connectivity index (χ3n) is 4.80. The second kappa shape index (κ2) is 5.03. The van der Waals surface area contributed by atoms with Gasteiger partial charge in [-0.2, -0.15) is 0 Å². The summed E-state index contributed by atoms with van der Waals surface area (Å²) < 4.78 is 0. The largest absolute Gasteiger partial charge is 0.327 e. The molecule has 3 rings (SSSR count). The molecule has 0 aliphatic heterocycles. The summed E-state index contributed by atoms with van der Waals surface area (Å²) in [6.45, 7) is 0. The summed E-state index contributed by atoms with van der Waals surface area (Å²) in [5.41, 5.74) is 7.62. The molecule has 2 aliphatic carbocycles. The van der Waals surface area contributed by atoms with Crippen LogP contribution in [0.2, 0.25) is 10.0 Å². The van der Waals surface area contributed by atoms with Gasteiger partial charge in [-0.15, -0.1) is 0 Å². The van der Waals surface area contributed by atoms with Crippen molar-refractivity contribution in [2.45, 2.75) is 38.1 Å². The van der Waals surface area contributed by atoms with Gasteiger partial charge >= 0.3 is 0 Å². The van der Waals surface area contributed by atoms with E-state index in [-0.39, 0.29) is 6.04 Å². The van der Waals surface area contributed by atoms with Crippen LogP contribution in [0.25, 0.3) is 0 Å². The van der Waals surface area contributed by atoms with Crippen LogP contribution in [0.1, 0.15) is 31.2 Å². The maximum Gasteiger partial charge on any atom is 0.0595 e. The monoisotopic (exact) mass is 283 g/mol. The Kier molecular flexibility index (Phi) is 3.57. The molecule has 2 fully saturated rings. The lowest BCUT2D eigenvalue weighted by Gasteiger charge is -2.27. The number of hydrogen-bond acceptors (Lipinski definition) is 1. The smallest absolute Gasteiger partial charge is 0.0595 e. The fraction of sp³-hybridized carbons (Fsp3) is 0.600. The number of benzene rings is 1. The van der Waals surface area contributed by atoms with E-state index in [1.807, 2.05) is 18.2 Å². The Bertz CT molecular complexity index is 446. The zero-order valence-corrected chi connectivity index (χ0v) is 11.9. The minimum atomic E-state index is 0.276. The Morgan fingerprint density at radius 2 is 2.00 bits per heavy atom. The van der Waals surface area contributed by atoms with Crippen molar-refractivity contribution < 1.29 is 0 Å². The summed E-state index contributed by atoms with van der Waals surface area (Å²) in [5, 5.41) is 1.25. The lowest BCUT2D eigenvalue weighted by atomic mass is 9.81. The van der Waals surface area contributed by atoms with Crippen LogP contribution in [0.15, 0.2) is 18.2 Å². The van der Waals surface area contributed by atoms with Gasteiger partial charge in [0.15, 0.2) is 0 Å². The first kappa shape index (κ1) is 12.8. The Morgan fingerprint density at radius 1 is 1.17 bits per heavy atom. The van der Waals surface area contributed by atoms with E-state index in [0.29, 0.717) is 10.0 Å². The molecule has 3 heteroatoms. The Hall–Kier alpha value is -0.240. The quantitative estimate of drug-likeness (QED) is 0.880. The summed E-state index contributed by atoms with van der Waals surface area (Å²) in [6.07, 6.45) is 6.50. The molecule has 2 bridgehead atoms. The van der Waals surface area contributed by atoms with Crippen LogP contribution in [0, 0.1) is 17.8 Å². The van der Waals surface area contributed by atoms with Gasteiger partial charge < -0.3 is 5.73 Å². The maximum atomic E-state index is 6.41. The summed E-state index contributed by atoms with van der Waals surface area (Å²) in [7, 11) is 0. The molecule has 98 valence electrons. The molecule has 4 unspecified atom stereocenters. The second-order valence-electron chi connectivity index (χ2n) is 5.96. The predicted octanol–water partition coefficient (Wildman–Crippen LogP) is 4.30. The normalized spacial score (nSPS) is 31.8. The highest BCUT2D eigenvalue weighted by atomic mass is 35.5. The van der Waals surface area contributed by atoms with Gasteiger partial charge in [0, 0.05) is 6.04 Å². The van der Waals surface area contributed by atoms with Gasteiger partial charge in [0.05, 0.1) is 10.0 Å². The van der Waals surface area contributed by atoms with Gasteiger partial charge in [-0.05, 0) is 61.1 Å². The van der Waals surface area contributed by atoms with Gasteiger partial charge in [0.1, 0.15) is 0 Å². The molecular formula is C15H19Cl2N. The molecule has 0 heterocycles. The topological polar surface area (TPSA) is 26.0 Å². The van der Waals surface area contributed by atoms with E-state index in [1.165, 1.54) is 31.2 Å². The van der Waals surface area contributed by atoms with E-state index in [1.54, 1.807) is 0 Å². The Labute approximate surface area is 119 Å². The maximum absolute atomic E-state index is 6.41. The number of halogens is 2. The SMILES string of the molecule is NC(Cc1ccc(Cl)c(Cl)c1)C1CC2CCC1C2. The van der Waals surface area contributed by atoms with Crippen molar-refractivity contribution in [3.63, 3.8) is 0 Å². The van der Waals surface area contributed by atoms with Crippen molar-refractivity contribution >= 4 is 23.2 Å². The van der Waals surface area contributed by atoms with Gasteiger partial charge in [-0.25, -0.2) is 0 Å². The van der Waals surface area contributed by atoms with Crippen LogP contribution in [0.4, 0.5) is 0 Å². The number of hydrogen-bond donors (Lipinski definition) is 1. The van der Waals surface area contributed by atoms with E-state index in [2.05, 4.69) is 0 Å². The molecule has 0 saturated heterocycles. The molecule has 0 amide bonds. The molecular weight excluding hydrogens is 265 g/mol. The van der Waals surface area contributed by atoms with Crippen molar-refractivity contribution in [2.75, 3.05) is 0 Å². The minimum absolute atomic E-state index is 0.276. The minimum Gasteiger partial charge on any atom is -0.327 e. The Morgan fingerprint density at radius 3 is 2.61 bits per heavy atom. The predicted molar refractivity (Wildman–Crippen MR) is 77.1 cm³/mol. The van der Waals surface area contributed by atoms with Gasteiger partial charge in [0.25, 0.3) is 0 Å². The van der Waals surface area contributed by atoms with Crippen LogP contribution in [0.3, 0.4) is 0 Å². The highest BCUT2D eigenvalue weighted by molar-refractivity contribution is 6.42. The second-order valence-corrected chi connectivity index (χ2v) is 6.77. The first-order valence-corrected chi connectivity index (χ1v) is 7.58. The van der Waals surface area contributed by atoms with Crippen molar-refractivity contribution in [3.8, 4) is 0 Å². The molecule has 2 saturated carbocycles. The molecule has 0 spiro atoms. The van der Waals surface area contributed by atoms with E-state index in [9.17, 15) is 0 Å². The molecule has 1 aromatic rings. The van der Waals surface area contributed by atoms with Crippen molar-refractivity contribution in [1.82, 2.24) is 0 Å². The highest BCUT2D eigenvalue weighted by Crippen LogP contribution is 2.49. The van der Waals surface area contributed by atoms with Crippen molar-refractivity contribution in [3.05, 3.63) is 33.8 Å². The number of nitrogens with two attached hydrogens (primary N) is 1. The van der Waals surface area contributed by atoms with Crippen LogP contribution in [0.5, 0.6) is 0 Å². The zero-order chi connectivity index (χ0) is 12.7. The van der Waals surface area contributed by atoms with Gasteiger partial charge in [-0.1, -0.05) is 35.7 Å². The van der Waals surface area contributed by atoms with Gasteiger partial charge in [-0.3, -0.25) is 0 Å². The summed E-state index contributed by atoms with van der Waals surface area (Å²) in [4.78, 5) is 0. The van der Waals surface area contributed by atoms with Crippen molar-refractivity contribution in [2.24, 2.45) is 23.5 Å². The lowest BCUT2D eigenvalue weighted by molar-refractivity contribution is 0.280. The number of fused-ring (bicyclic) bond motifs is 2. The van der Waals surface area contributed by atoms with Crippen LogP contribution in [-0.4, -0.2) is 6.04 Å². The molecule has 0 aromatic heterocycles. The average Bonchev–Trinajstić information content (AvgIpc) is 2.96. The van der Waals surface area contributed by atoms with E-state index >= 15 is 0 Å². The first-order chi connectivity index (χ1) is 8.63. The molecule has 2 N–H and O–H groups in total. The summed E-state index contributed by atoms with van der Waals surface area (Å²) in [5.74, 6) is 2.56. The Balaban J connectivity index is 1.67. The third-order valence-corrected chi connectivity index (χ3v) is 5.54. The average molecular weight is 284 g/mol. The summed E-state index contributed by atoms with van der Waals surface area (Å²) >= 11 is 12.0. The molecule has 2 aliphatic rings. The fourth-order valence-corrected chi connectivity index (χ4v) is 4.23. The summed E-state index contributed by atoms with van der Waals surface area (Å²) in [6, 6.07) is 6.14. The van der Waals surface area contributed by atoms with Gasteiger partial charge in [0.2, 0.25) is 0 Å². The molecule has 0 radical (unpaired) electrons. The van der Waals surface area contributed by atoms with E-state index in [4.69, 9.17) is 28.9 Å². The van der Waals surface area contributed by atoms with Crippen LogP contribution >= 0.6 is 23.2 Å². The molecule has 4 atom stereocenters. The molecule has 18 heavy (non-hydrogen) atoms. The van der Waals surface area contributed by atoms with E-state index in [0.717, 1.165) is 24.2 Å².